The average Bonchev–Trinajstić information content (AvgIpc) is 2.58. The highest BCUT2D eigenvalue weighted by atomic mass is 16.5. The van der Waals surface area contributed by atoms with E-state index in [1.165, 1.54) is 17.5 Å². The minimum atomic E-state index is 0.0853. The molecule has 0 fully saturated rings. The Morgan fingerprint density at radius 3 is 1.96 bits per heavy atom. The molecule has 0 aromatic heterocycles. The number of ether oxygens (including phenoxy) is 1. The summed E-state index contributed by atoms with van der Waals surface area (Å²) in [6.45, 7) is 11.3. The molecule has 0 saturated heterocycles. The maximum Gasteiger partial charge on any atom is 0.193 e. The fourth-order valence-electron chi connectivity index (χ4n) is 3.86. The fourth-order valence-corrected chi connectivity index (χ4v) is 3.86. The van der Waals surface area contributed by atoms with Gasteiger partial charge in [-0.05, 0) is 77.6 Å². The van der Waals surface area contributed by atoms with Crippen LogP contribution in [-0.2, 0) is 10.8 Å². The van der Waals surface area contributed by atoms with Gasteiger partial charge in [0.1, 0.15) is 5.75 Å². The molecule has 0 heterocycles. The van der Waals surface area contributed by atoms with Crippen LogP contribution in [0.25, 0.3) is 0 Å². The smallest absolute Gasteiger partial charge is 0.193 e. The number of aryl methyl sites for hydroxylation is 1. The number of carbonyl (C=O) groups is 1. The van der Waals surface area contributed by atoms with Crippen molar-refractivity contribution in [1.82, 2.24) is 0 Å². The quantitative estimate of drug-likeness (QED) is 0.684. The van der Waals surface area contributed by atoms with Gasteiger partial charge in [0.05, 0.1) is 7.11 Å². The first-order valence-corrected chi connectivity index (χ1v) is 9.00. The molecular formula is C23H28O2. The van der Waals surface area contributed by atoms with Crippen molar-refractivity contribution in [1.29, 1.82) is 0 Å². The van der Waals surface area contributed by atoms with Gasteiger partial charge in [0.25, 0.3) is 0 Å². The molecule has 0 saturated carbocycles. The van der Waals surface area contributed by atoms with Crippen LogP contribution in [0.3, 0.4) is 0 Å². The molecule has 0 atom stereocenters. The maximum atomic E-state index is 13.1. The minimum Gasteiger partial charge on any atom is -0.497 e. The third kappa shape index (κ3) is 3.10. The van der Waals surface area contributed by atoms with E-state index < -0.39 is 0 Å². The summed E-state index contributed by atoms with van der Waals surface area (Å²) in [6.07, 6.45) is 2.32. The highest BCUT2D eigenvalue weighted by Gasteiger charge is 2.37. The van der Waals surface area contributed by atoms with Gasteiger partial charge >= 0.3 is 0 Å². The third-order valence-electron chi connectivity index (χ3n) is 5.79. The van der Waals surface area contributed by atoms with E-state index in [1.807, 2.05) is 24.3 Å². The lowest BCUT2D eigenvalue weighted by Gasteiger charge is -2.42. The zero-order valence-electron chi connectivity index (χ0n) is 16.2. The Balaban J connectivity index is 2.10. The summed E-state index contributed by atoms with van der Waals surface area (Å²) in [5.41, 5.74) is 5.57. The molecule has 0 N–H and O–H groups in total. The van der Waals surface area contributed by atoms with E-state index in [0.29, 0.717) is 5.56 Å². The van der Waals surface area contributed by atoms with Crippen LogP contribution in [0.5, 0.6) is 5.75 Å². The molecule has 0 bridgehead atoms. The van der Waals surface area contributed by atoms with Crippen molar-refractivity contribution < 1.29 is 9.53 Å². The van der Waals surface area contributed by atoms with Crippen molar-refractivity contribution in [3.8, 4) is 5.75 Å². The van der Waals surface area contributed by atoms with Gasteiger partial charge < -0.3 is 4.74 Å². The van der Waals surface area contributed by atoms with Crippen LogP contribution in [0.2, 0.25) is 0 Å². The second-order valence-corrected chi connectivity index (χ2v) is 8.54. The van der Waals surface area contributed by atoms with Crippen LogP contribution < -0.4 is 4.74 Å². The van der Waals surface area contributed by atoms with E-state index >= 15 is 0 Å². The summed E-state index contributed by atoms with van der Waals surface area (Å²) in [7, 11) is 1.63. The lowest BCUT2D eigenvalue weighted by atomic mass is 9.62. The van der Waals surface area contributed by atoms with Gasteiger partial charge in [0.15, 0.2) is 5.78 Å². The predicted octanol–water partition coefficient (Wildman–Crippen LogP) is 5.58. The number of methoxy groups -OCH3 is 1. The molecule has 3 rings (SSSR count). The molecule has 132 valence electrons. The highest BCUT2D eigenvalue weighted by molar-refractivity contribution is 6.10. The van der Waals surface area contributed by atoms with Crippen LogP contribution in [0, 0.1) is 6.92 Å². The van der Waals surface area contributed by atoms with Crippen LogP contribution in [0.4, 0.5) is 0 Å². The Bertz CT molecular complexity index is 811. The first kappa shape index (κ1) is 17.7. The van der Waals surface area contributed by atoms with Crippen molar-refractivity contribution in [3.63, 3.8) is 0 Å². The lowest BCUT2D eigenvalue weighted by Crippen LogP contribution is -2.34. The normalized spacial score (nSPS) is 17.7. The Morgan fingerprint density at radius 2 is 1.44 bits per heavy atom. The van der Waals surface area contributed by atoms with Gasteiger partial charge in [0.2, 0.25) is 0 Å². The number of hydrogen-bond donors (Lipinski definition) is 0. The monoisotopic (exact) mass is 336 g/mol. The number of ketones is 1. The van der Waals surface area contributed by atoms with E-state index in [9.17, 15) is 4.79 Å². The van der Waals surface area contributed by atoms with Gasteiger partial charge in [-0.15, -0.1) is 0 Å². The average molecular weight is 336 g/mol. The zero-order chi connectivity index (χ0) is 18.4. The van der Waals surface area contributed by atoms with Gasteiger partial charge in [-0.2, -0.15) is 0 Å². The molecule has 1 aliphatic carbocycles. The Kier molecular flexibility index (Phi) is 4.26. The minimum absolute atomic E-state index is 0.0853. The summed E-state index contributed by atoms with van der Waals surface area (Å²) in [5.74, 6) is 0.851. The summed E-state index contributed by atoms with van der Waals surface area (Å²) in [5, 5.41) is 0. The largest absolute Gasteiger partial charge is 0.497 e. The topological polar surface area (TPSA) is 26.3 Å². The molecule has 2 heteroatoms. The maximum absolute atomic E-state index is 13.1. The van der Waals surface area contributed by atoms with E-state index in [-0.39, 0.29) is 16.6 Å². The molecular weight excluding hydrogens is 308 g/mol. The Labute approximate surface area is 151 Å². The van der Waals surface area contributed by atoms with Crippen LogP contribution in [-0.4, -0.2) is 12.9 Å². The van der Waals surface area contributed by atoms with Gasteiger partial charge in [-0.25, -0.2) is 0 Å². The second kappa shape index (κ2) is 6.01. The summed E-state index contributed by atoms with van der Waals surface area (Å²) < 4.78 is 5.19. The van der Waals surface area contributed by atoms with Gasteiger partial charge in [0, 0.05) is 11.1 Å². The lowest BCUT2D eigenvalue weighted by molar-refractivity contribution is 0.103. The predicted molar refractivity (Wildman–Crippen MR) is 103 cm³/mol. The first-order chi connectivity index (χ1) is 11.7. The summed E-state index contributed by atoms with van der Waals surface area (Å²) in [4.78, 5) is 13.1. The van der Waals surface area contributed by atoms with Crippen LogP contribution >= 0.6 is 0 Å². The van der Waals surface area contributed by atoms with Crippen LogP contribution in [0.15, 0.2) is 36.4 Å². The molecule has 2 nitrogen and oxygen atoms in total. The van der Waals surface area contributed by atoms with E-state index in [0.717, 1.165) is 23.3 Å². The number of benzene rings is 2. The molecule has 0 aliphatic heterocycles. The number of carbonyl (C=O) groups excluding carboxylic acids is 1. The molecule has 0 unspecified atom stereocenters. The van der Waals surface area contributed by atoms with E-state index in [2.05, 4.69) is 46.8 Å². The van der Waals surface area contributed by atoms with E-state index in [1.54, 1.807) is 7.11 Å². The fraction of sp³-hybridized carbons (Fsp3) is 0.435. The number of fused-ring (bicyclic) bond motifs is 1. The zero-order valence-corrected chi connectivity index (χ0v) is 16.2. The van der Waals surface area contributed by atoms with E-state index in [4.69, 9.17) is 4.74 Å². The SMILES string of the molecule is COc1ccc(C(=O)c2cc3c(cc2C)C(C)(C)CCC3(C)C)cc1. The van der Waals surface area contributed by atoms with Crippen molar-refractivity contribution in [3.05, 3.63) is 64.2 Å². The third-order valence-corrected chi connectivity index (χ3v) is 5.79. The second-order valence-electron chi connectivity index (χ2n) is 8.54. The number of hydrogen-bond acceptors (Lipinski definition) is 2. The first-order valence-electron chi connectivity index (χ1n) is 9.00. The standard InChI is InChI=1S/C23H28O2/c1-15-13-19-20(23(4,5)12-11-22(19,2)3)14-18(15)21(24)16-7-9-17(25-6)10-8-16/h7-10,13-14H,11-12H2,1-6H3. The molecule has 1 aliphatic rings. The summed E-state index contributed by atoms with van der Waals surface area (Å²) >= 11 is 0. The molecule has 0 spiro atoms. The highest BCUT2D eigenvalue weighted by Crippen LogP contribution is 2.46. The molecule has 2 aromatic rings. The molecule has 0 amide bonds. The molecule has 25 heavy (non-hydrogen) atoms. The van der Waals surface area contributed by atoms with Gasteiger partial charge in [-0.1, -0.05) is 33.8 Å². The van der Waals surface area contributed by atoms with Crippen molar-refractivity contribution in [2.75, 3.05) is 7.11 Å². The van der Waals surface area contributed by atoms with Crippen molar-refractivity contribution in [2.24, 2.45) is 0 Å². The van der Waals surface area contributed by atoms with Crippen molar-refractivity contribution >= 4 is 5.78 Å². The molecule has 0 radical (unpaired) electrons. The summed E-state index contributed by atoms with van der Waals surface area (Å²) in [6, 6.07) is 11.8. The Morgan fingerprint density at radius 1 is 0.920 bits per heavy atom. The Hall–Kier alpha value is -2.09. The van der Waals surface area contributed by atoms with Crippen molar-refractivity contribution in [2.45, 2.75) is 58.3 Å². The molecule has 2 aromatic carbocycles. The van der Waals surface area contributed by atoms with Crippen LogP contribution in [0.1, 0.15) is 73.1 Å². The number of rotatable bonds is 3. The van der Waals surface area contributed by atoms with Gasteiger partial charge in [-0.3, -0.25) is 4.79 Å².